The molecule has 2 N–H and O–H groups in total. The molecular weight excluding hydrogens is 172 g/mol. The van der Waals surface area contributed by atoms with Crippen LogP contribution in [0.15, 0.2) is 0 Å². The van der Waals surface area contributed by atoms with Crippen LogP contribution in [0.2, 0.25) is 0 Å². The second-order valence-electron chi connectivity index (χ2n) is 4.90. The molecule has 1 unspecified atom stereocenters. The Bertz CT molecular complexity index is 178. The molecule has 0 bridgehead atoms. The van der Waals surface area contributed by atoms with Gasteiger partial charge in [0.05, 0.1) is 0 Å². The van der Waals surface area contributed by atoms with Crippen molar-refractivity contribution in [3.05, 3.63) is 0 Å². The van der Waals surface area contributed by atoms with Crippen LogP contribution in [0.4, 0.5) is 8.78 Å². The largest absolute Gasteiger partial charge is 0.330 e. The van der Waals surface area contributed by atoms with Gasteiger partial charge in [-0.1, -0.05) is 13.8 Å². The molecule has 0 aliphatic heterocycles. The van der Waals surface area contributed by atoms with Gasteiger partial charge < -0.3 is 5.73 Å². The highest BCUT2D eigenvalue weighted by atomic mass is 19.3. The van der Waals surface area contributed by atoms with Gasteiger partial charge in [-0.3, -0.25) is 0 Å². The average Bonchev–Trinajstić information content (AvgIpc) is 2.30. The lowest BCUT2D eigenvalue weighted by Crippen LogP contribution is -2.29. The maximum atomic E-state index is 13.4. The second-order valence-corrected chi connectivity index (χ2v) is 4.90. The number of hydrogen-bond acceptors (Lipinski definition) is 1. The number of hydrogen-bond donors (Lipinski definition) is 1. The third-order valence-corrected chi connectivity index (χ3v) is 3.04. The minimum Gasteiger partial charge on any atom is -0.330 e. The lowest BCUT2D eigenvalue weighted by Gasteiger charge is -2.24. The normalized spacial score (nSPS) is 27.9. The molecule has 0 radical (unpaired) electrons. The van der Waals surface area contributed by atoms with Crippen LogP contribution in [0.3, 0.4) is 0 Å². The van der Waals surface area contributed by atoms with Gasteiger partial charge in [-0.25, -0.2) is 8.78 Å². The molecule has 13 heavy (non-hydrogen) atoms. The Kier molecular flexibility index (Phi) is 2.95. The molecular formula is C10H19F2N. The van der Waals surface area contributed by atoms with Crippen molar-refractivity contribution in [3.8, 4) is 0 Å². The zero-order valence-corrected chi connectivity index (χ0v) is 8.45. The smallest absolute Gasteiger partial charge is 0.252 e. The fourth-order valence-corrected chi connectivity index (χ4v) is 2.19. The van der Waals surface area contributed by atoms with E-state index in [4.69, 9.17) is 5.73 Å². The molecule has 1 saturated carbocycles. The Morgan fingerprint density at radius 2 is 2.08 bits per heavy atom. The lowest BCUT2D eigenvalue weighted by atomic mass is 9.88. The number of nitrogens with two attached hydrogens (primary N) is 1. The first-order valence-corrected chi connectivity index (χ1v) is 4.95. The minimum absolute atomic E-state index is 0.0872. The molecule has 3 heteroatoms. The van der Waals surface area contributed by atoms with Crippen LogP contribution in [0.1, 0.15) is 39.5 Å². The zero-order valence-electron chi connectivity index (χ0n) is 8.45. The van der Waals surface area contributed by atoms with Crippen LogP contribution in [-0.4, -0.2) is 12.5 Å². The summed E-state index contributed by atoms with van der Waals surface area (Å²) < 4.78 is 26.8. The van der Waals surface area contributed by atoms with Gasteiger partial charge in [0, 0.05) is 12.3 Å². The fourth-order valence-electron chi connectivity index (χ4n) is 2.19. The minimum atomic E-state index is -2.54. The predicted molar refractivity (Wildman–Crippen MR) is 49.7 cm³/mol. The van der Waals surface area contributed by atoms with Gasteiger partial charge in [-0.2, -0.15) is 0 Å². The van der Waals surface area contributed by atoms with Crippen molar-refractivity contribution in [2.45, 2.75) is 45.5 Å². The van der Waals surface area contributed by atoms with Crippen molar-refractivity contribution in [1.82, 2.24) is 0 Å². The first-order chi connectivity index (χ1) is 5.87. The maximum absolute atomic E-state index is 13.4. The van der Waals surface area contributed by atoms with Crippen LogP contribution in [0.5, 0.6) is 0 Å². The molecule has 1 nitrogen and oxygen atoms in total. The van der Waals surface area contributed by atoms with Crippen molar-refractivity contribution >= 4 is 0 Å². The van der Waals surface area contributed by atoms with Crippen molar-refractivity contribution in [3.63, 3.8) is 0 Å². The van der Waals surface area contributed by atoms with E-state index in [0.717, 1.165) is 6.42 Å². The standard InChI is InChI=1S/C10H19F2N/c1-9(2)4-3-8(7-9)10(11,12)5-6-13/h8H,3-7,13H2,1-2H3. The third-order valence-electron chi connectivity index (χ3n) is 3.04. The Morgan fingerprint density at radius 1 is 1.46 bits per heavy atom. The summed E-state index contributed by atoms with van der Waals surface area (Å²) in [5.74, 6) is -2.98. The number of alkyl halides is 2. The highest BCUT2D eigenvalue weighted by Crippen LogP contribution is 2.48. The average molecular weight is 191 g/mol. The van der Waals surface area contributed by atoms with Gasteiger partial charge in [0.1, 0.15) is 0 Å². The van der Waals surface area contributed by atoms with E-state index >= 15 is 0 Å². The maximum Gasteiger partial charge on any atom is 0.252 e. The Balaban J connectivity index is 2.54. The SMILES string of the molecule is CC1(C)CCC(C(F)(F)CCN)C1. The molecule has 1 aliphatic carbocycles. The van der Waals surface area contributed by atoms with E-state index in [2.05, 4.69) is 13.8 Å². The Hall–Kier alpha value is -0.180. The highest BCUT2D eigenvalue weighted by molar-refractivity contribution is 4.89. The van der Waals surface area contributed by atoms with E-state index in [-0.39, 0.29) is 18.4 Å². The van der Waals surface area contributed by atoms with Crippen LogP contribution in [0.25, 0.3) is 0 Å². The predicted octanol–water partition coefficient (Wildman–Crippen LogP) is 2.80. The molecule has 1 atom stereocenters. The fraction of sp³-hybridized carbons (Fsp3) is 1.00. The molecule has 0 saturated heterocycles. The van der Waals surface area contributed by atoms with Crippen molar-refractivity contribution in [2.24, 2.45) is 17.1 Å². The van der Waals surface area contributed by atoms with Crippen LogP contribution in [0, 0.1) is 11.3 Å². The summed E-state index contributed by atoms with van der Waals surface area (Å²) in [6.45, 7) is 4.21. The van der Waals surface area contributed by atoms with Crippen molar-refractivity contribution in [1.29, 1.82) is 0 Å². The summed E-state index contributed by atoms with van der Waals surface area (Å²) >= 11 is 0. The van der Waals surface area contributed by atoms with Gasteiger partial charge in [-0.15, -0.1) is 0 Å². The van der Waals surface area contributed by atoms with Crippen molar-refractivity contribution in [2.75, 3.05) is 6.54 Å². The summed E-state index contributed by atoms with van der Waals surface area (Å²) in [5, 5.41) is 0. The van der Waals surface area contributed by atoms with E-state index in [9.17, 15) is 8.78 Å². The molecule has 0 aromatic heterocycles. The first-order valence-electron chi connectivity index (χ1n) is 4.95. The molecule has 0 heterocycles. The zero-order chi connectivity index (χ0) is 10.1. The summed E-state index contributed by atoms with van der Waals surface area (Å²) in [6, 6.07) is 0. The molecule has 78 valence electrons. The van der Waals surface area contributed by atoms with Gasteiger partial charge >= 0.3 is 0 Å². The summed E-state index contributed by atoms with van der Waals surface area (Å²) in [7, 11) is 0. The molecule has 1 aliphatic rings. The molecule has 0 aromatic rings. The monoisotopic (exact) mass is 191 g/mol. The Morgan fingerprint density at radius 3 is 2.46 bits per heavy atom. The number of halogens is 2. The molecule has 1 fully saturated rings. The van der Waals surface area contributed by atoms with Gasteiger partial charge in [0.15, 0.2) is 0 Å². The first kappa shape index (κ1) is 10.9. The van der Waals surface area contributed by atoms with Crippen molar-refractivity contribution < 1.29 is 8.78 Å². The van der Waals surface area contributed by atoms with E-state index in [1.165, 1.54) is 0 Å². The molecule has 0 aromatic carbocycles. The van der Waals surface area contributed by atoms with Crippen LogP contribution < -0.4 is 5.73 Å². The summed E-state index contributed by atoms with van der Waals surface area (Å²) in [5.41, 5.74) is 5.27. The quantitative estimate of drug-likeness (QED) is 0.729. The highest BCUT2D eigenvalue weighted by Gasteiger charge is 2.45. The molecule has 1 rings (SSSR count). The summed E-state index contributed by atoms with van der Waals surface area (Å²) in [4.78, 5) is 0. The van der Waals surface area contributed by atoms with E-state index in [1.54, 1.807) is 0 Å². The lowest BCUT2D eigenvalue weighted by molar-refractivity contribution is -0.0635. The van der Waals surface area contributed by atoms with Gasteiger partial charge in [-0.05, 0) is 31.2 Å². The van der Waals surface area contributed by atoms with E-state index < -0.39 is 11.8 Å². The molecule has 0 spiro atoms. The Labute approximate surface area is 78.7 Å². The van der Waals surface area contributed by atoms with E-state index in [0.29, 0.717) is 12.8 Å². The topological polar surface area (TPSA) is 26.0 Å². The summed E-state index contributed by atoms with van der Waals surface area (Å²) in [6.07, 6.45) is 2.05. The van der Waals surface area contributed by atoms with E-state index in [1.807, 2.05) is 0 Å². The van der Waals surface area contributed by atoms with Gasteiger partial charge in [0.25, 0.3) is 5.92 Å². The van der Waals surface area contributed by atoms with Gasteiger partial charge in [0.2, 0.25) is 0 Å². The van der Waals surface area contributed by atoms with Crippen LogP contribution in [-0.2, 0) is 0 Å². The third kappa shape index (κ3) is 2.63. The van der Waals surface area contributed by atoms with Crippen LogP contribution >= 0.6 is 0 Å². The number of rotatable bonds is 3. The second kappa shape index (κ2) is 3.52. The molecule has 0 amide bonds.